The van der Waals surface area contributed by atoms with Gasteiger partial charge in [-0.2, -0.15) is 0 Å². The summed E-state index contributed by atoms with van der Waals surface area (Å²) in [5.41, 5.74) is 3.39. The largest absolute Gasteiger partial charge is 0.363 e. The highest BCUT2D eigenvalue weighted by atomic mass is 16.1. The molecule has 25 heavy (non-hydrogen) atoms. The molecule has 4 aromatic rings. The third-order valence-electron chi connectivity index (χ3n) is 4.38. The van der Waals surface area contributed by atoms with Crippen LogP contribution in [0.4, 0.5) is 5.82 Å². The number of aryl methyl sites for hydroxylation is 1. The predicted octanol–water partition coefficient (Wildman–Crippen LogP) is 2.86. The van der Waals surface area contributed by atoms with E-state index >= 15 is 0 Å². The highest BCUT2D eigenvalue weighted by molar-refractivity contribution is 5.98. The predicted molar refractivity (Wildman–Crippen MR) is 97.6 cm³/mol. The summed E-state index contributed by atoms with van der Waals surface area (Å²) in [4.78, 5) is 27.8. The zero-order chi connectivity index (χ0) is 17.4. The highest BCUT2D eigenvalue weighted by Gasteiger charge is 2.13. The summed E-state index contributed by atoms with van der Waals surface area (Å²) in [6, 6.07) is 7.82. The highest BCUT2D eigenvalue weighted by Crippen LogP contribution is 2.26. The van der Waals surface area contributed by atoms with Crippen LogP contribution in [0.5, 0.6) is 0 Å². The number of aromatic nitrogens is 5. The number of H-pyrrole nitrogens is 1. The van der Waals surface area contributed by atoms with Gasteiger partial charge in [0.1, 0.15) is 12.1 Å². The minimum atomic E-state index is -0.112. The Kier molecular flexibility index (Phi) is 3.68. The molecule has 1 unspecified atom stereocenters. The summed E-state index contributed by atoms with van der Waals surface area (Å²) in [6.07, 6.45) is 5.12. The fraction of sp³-hybridized carbons (Fsp3) is 0.222. The Hall–Kier alpha value is -3.22. The maximum Gasteiger partial charge on any atom is 0.326 e. The Bertz CT molecular complexity index is 1100. The van der Waals surface area contributed by atoms with Gasteiger partial charge in [-0.3, -0.25) is 9.55 Å². The molecule has 0 aliphatic carbocycles. The Labute approximate surface area is 143 Å². The molecule has 0 amide bonds. The summed E-state index contributed by atoms with van der Waals surface area (Å²) >= 11 is 0. The second kappa shape index (κ2) is 6.01. The Balaban J connectivity index is 1.82. The van der Waals surface area contributed by atoms with Gasteiger partial charge in [-0.25, -0.2) is 14.8 Å². The molecule has 0 saturated carbocycles. The van der Waals surface area contributed by atoms with Crippen molar-refractivity contribution in [3.05, 3.63) is 59.0 Å². The van der Waals surface area contributed by atoms with Crippen molar-refractivity contribution in [3.63, 3.8) is 0 Å². The number of nitrogens with zero attached hydrogens (tertiary/aromatic N) is 4. The van der Waals surface area contributed by atoms with Gasteiger partial charge < -0.3 is 10.3 Å². The van der Waals surface area contributed by atoms with Gasteiger partial charge in [0.05, 0.1) is 22.6 Å². The fourth-order valence-corrected chi connectivity index (χ4v) is 3.06. The molecule has 1 aromatic carbocycles. The fourth-order valence-electron chi connectivity index (χ4n) is 3.06. The smallest absolute Gasteiger partial charge is 0.326 e. The van der Waals surface area contributed by atoms with Gasteiger partial charge in [0.2, 0.25) is 0 Å². The average molecular weight is 334 g/mol. The first-order valence-electron chi connectivity index (χ1n) is 8.21. The minimum absolute atomic E-state index is 0.0433. The number of nitrogens with one attached hydrogen (secondary N) is 2. The SMILES string of the molecule is CCn1c(=O)[nH]c2cc3c(NC(C)c4cccnc4)ncnc3cc21. The van der Waals surface area contributed by atoms with E-state index in [9.17, 15) is 4.79 Å². The standard InChI is InChI=1S/C18H18N6O/c1-3-24-16-8-14-13(7-15(16)23-18(24)25)17(21-10-20-14)22-11(2)12-5-4-6-19-9-12/h4-11H,3H2,1-2H3,(H,23,25)(H,20,21,22). The second-order valence-corrected chi connectivity index (χ2v) is 5.94. The van der Waals surface area contributed by atoms with Crippen LogP contribution in [0.2, 0.25) is 0 Å². The van der Waals surface area contributed by atoms with E-state index in [1.807, 2.05) is 37.4 Å². The number of rotatable bonds is 4. The van der Waals surface area contributed by atoms with Crippen LogP contribution in [-0.4, -0.2) is 24.5 Å². The normalized spacial score (nSPS) is 12.6. The number of imidazole rings is 1. The molecular weight excluding hydrogens is 316 g/mol. The Morgan fingerprint density at radius 1 is 1.32 bits per heavy atom. The number of fused-ring (bicyclic) bond motifs is 2. The van der Waals surface area contributed by atoms with E-state index in [0.29, 0.717) is 6.54 Å². The lowest BCUT2D eigenvalue weighted by Gasteiger charge is -2.15. The molecule has 3 aromatic heterocycles. The van der Waals surface area contributed by atoms with E-state index in [1.54, 1.807) is 10.8 Å². The van der Waals surface area contributed by atoms with Gasteiger partial charge in [-0.1, -0.05) is 6.07 Å². The molecule has 7 heteroatoms. The maximum atomic E-state index is 12.0. The van der Waals surface area contributed by atoms with E-state index in [0.717, 1.165) is 33.3 Å². The van der Waals surface area contributed by atoms with Crippen LogP contribution in [-0.2, 0) is 6.54 Å². The molecule has 0 aliphatic heterocycles. The number of hydrogen-bond acceptors (Lipinski definition) is 5. The monoisotopic (exact) mass is 334 g/mol. The van der Waals surface area contributed by atoms with Crippen molar-refractivity contribution in [1.29, 1.82) is 0 Å². The van der Waals surface area contributed by atoms with Crippen molar-refractivity contribution in [2.75, 3.05) is 5.32 Å². The Morgan fingerprint density at radius 3 is 2.96 bits per heavy atom. The van der Waals surface area contributed by atoms with Crippen LogP contribution >= 0.6 is 0 Å². The number of anilines is 1. The first-order chi connectivity index (χ1) is 12.2. The number of pyridine rings is 1. The van der Waals surface area contributed by atoms with Crippen molar-refractivity contribution in [2.24, 2.45) is 0 Å². The summed E-state index contributed by atoms with van der Waals surface area (Å²) in [5, 5.41) is 4.28. The van der Waals surface area contributed by atoms with Crippen molar-refractivity contribution in [3.8, 4) is 0 Å². The lowest BCUT2D eigenvalue weighted by Crippen LogP contribution is -2.14. The maximum absolute atomic E-state index is 12.0. The van der Waals surface area contributed by atoms with E-state index in [-0.39, 0.29) is 11.7 Å². The third-order valence-corrected chi connectivity index (χ3v) is 4.38. The van der Waals surface area contributed by atoms with Crippen molar-refractivity contribution in [1.82, 2.24) is 24.5 Å². The van der Waals surface area contributed by atoms with Crippen LogP contribution < -0.4 is 11.0 Å². The molecule has 0 spiro atoms. The number of hydrogen-bond donors (Lipinski definition) is 2. The van der Waals surface area contributed by atoms with E-state index in [1.165, 1.54) is 6.33 Å². The molecule has 0 saturated heterocycles. The zero-order valence-electron chi connectivity index (χ0n) is 14.0. The van der Waals surface area contributed by atoms with E-state index < -0.39 is 0 Å². The van der Waals surface area contributed by atoms with Crippen LogP contribution in [0.15, 0.2) is 47.8 Å². The minimum Gasteiger partial charge on any atom is -0.363 e. The van der Waals surface area contributed by atoms with Crippen molar-refractivity contribution < 1.29 is 0 Å². The molecule has 4 rings (SSSR count). The average Bonchev–Trinajstić information content (AvgIpc) is 2.95. The van der Waals surface area contributed by atoms with Crippen molar-refractivity contribution >= 4 is 27.8 Å². The first kappa shape index (κ1) is 15.3. The molecule has 1 atom stereocenters. The Morgan fingerprint density at radius 2 is 2.20 bits per heavy atom. The second-order valence-electron chi connectivity index (χ2n) is 5.94. The first-order valence-corrected chi connectivity index (χ1v) is 8.21. The molecule has 0 fully saturated rings. The lowest BCUT2D eigenvalue weighted by atomic mass is 10.1. The van der Waals surface area contributed by atoms with Gasteiger partial charge in [-0.15, -0.1) is 0 Å². The van der Waals surface area contributed by atoms with Gasteiger partial charge in [0.25, 0.3) is 0 Å². The quantitative estimate of drug-likeness (QED) is 0.599. The molecule has 7 nitrogen and oxygen atoms in total. The summed E-state index contributed by atoms with van der Waals surface area (Å²) in [5.74, 6) is 0.730. The van der Waals surface area contributed by atoms with E-state index in [2.05, 4.69) is 32.2 Å². The zero-order valence-corrected chi connectivity index (χ0v) is 14.0. The number of benzene rings is 1. The van der Waals surface area contributed by atoms with E-state index in [4.69, 9.17) is 0 Å². The third kappa shape index (κ3) is 2.63. The van der Waals surface area contributed by atoms with Crippen LogP contribution in [0, 0.1) is 0 Å². The van der Waals surface area contributed by atoms with Gasteiger partial charge in [-0.05, 0) is 37.6 Å². The lowest BCUT2D eigenvalue weighted by molar-refractivity contribution is 0.753. The van der Waals surface area contributed by atoms with Crippen molar-refractivity contribution in [2.45, 2.75) is 26.4 Å². The number of aromatic amines is 1. The molecule has 126 valence electrons. The van der Waals surface area contributed by atoms with Crippen LogP contribution in [0.25, 0.3) is 21.9 Å². The van der Waals surface area contributed by atoms with Gasteiger partial charge in [0.15, 0.2) is 0 Å². The molecule has 0 radical (unpaired) electrons. The van der Waals surface area contributed by atoms with Gasteiger partial charge in [0, 0.05) is 24.3 Å². The molecule has 3 heterocycles. The molecule has 0 aliphatic rings. The van der Waals surface area contributed by atoms with Gasteiger partial charge >= 0.3 is 5.69 Å². The van der Waals surface area contributed by atoms with Crippen LogP contribution in [0.1, 0.15) is 25.5 Å². The molecule has 0 bridgehead atoms. The van der Waals surface area contributed by atoms with Crippen LogP contribution in [0.3, 0.4) is 0 Å². The summed E-state index contributed by atoms with van der Waals surface area (Å²) < 4.78 is 1.70. The molecular formula is C18H18N6O. The topological polar surface area (TPSA) is 88.5 Å². The molecule has 2 N–H and O–H groups in total. The summed E-state index contributed by atoms with van der Waals surface area (Å²) in [6.45, 7) is 4.61. The summed E-state index contributed by atoms with van der Waals surface area (Å²) in [7, 11) is 0.